The van der Waals surface area contributed by atoms with Gasteiger partial charge < -0.3 is 11.1 Å². The maximum Gasteiger partial charge on any atom is 0.224 e. The fraction of sp³-hybridized carbons (Fsp3) is 0.200. The molecule has 0 aliphatic heterocycles. The van der Waals surface area contributed by atoms with Gasteiger partial charge in [0.2, 0.25) is 5.95 Å². The zero-order valence-electron chi connectivity index (χ0n) is 12.1. The Morgan fingerprint density at radius 1 is 1.38 bits per heavy atom. The van der Waals surface area contributed by atoms with Crippen LogP contribution in [0.15, 0.2) is 47.8 Å². The van der Waals surface area contributed by atoms with Crippen LogP contribution in [-0.2, 0) is 6.54 Å². The van der Waals surface area contributed by atoms with Crippen molar-refractivity contribution in [2.24, 2.45) is 0 Å². The monoisotopic (exact) mass is 303 g/mol. The third-order valence-electron chi connectivity index (χ3n) is 2.95. The molecule has 2 aromatic rings. The highest BCUT2D eigenvalue weighted by Gasteiger charge is 2.12. The minimum absolute atomic E-state index is 0.265. The quantitative estimate of drug-likeness (QED) is 0.833. The predicted octanol–water partition coefficient (Wildman–Crippen LogP) is 2.90. The molecule has 0 radical (unpaired) electrons. The Bertz CT molecular complexity index is 670. The largest absolute Gasteiger partial charge is 0.368 e. The molecular weight excluding hydrogens is 286 g/mol. The van der Waals surface area contributed by atoms with E-state index in [1.165, 1.54) is 16.6 Å². The van der Waals surface area contributed by atoms with Gasteiger partial charge in [0.25, 0.3) is 0 Å². The second kappa shape index (κ2) is 6.45. The Balaban J connectivity index is 2.26. The van der Waals surface area contributed by atoms with E-state index in [1.54, 1.807) is 0 Å². The topological polar surface area (TPSA) is 68.8 Å². The maximum atomic E-state index is 6.31. The van der Waals surface area contributed by atoms with Crippen molar-refractivity contribution in [2.75, 3.05) is 5.73 Å². The maximum absolute atomic E-state index is 6.31. The number of anilines is 1. The lowest BCUT2D eigenvalue weighted by atomic mass is 10.1. The van der Waals surface area contributed by atoms with Crippen molar-refractivity contribution in [2.45, 2.75) is 20.4 Å². The molecule has 6 heteroatoms. The van der Waals surface area contributed by atoms with E-state index >= 15 is 0 Å². The van der Waals surface area contributed by atoms with Crippen LogP contribution in [0.4, 0.5) is 5.95 Å². The third kappa shape index (κ3) is 3.64. The summed E-state index contributed by atoms with van der Waals surface area (Å²) < 4.78 is 1.46. The van der Waals surface area contributed by atoms with Crippen molar-refractivity contribution in [3.63, 3.8) is 0 Å². The molecule has 110 valence electrons. The standard InChI is InChI=1S/C15H18ClN5/c1-10(2)13(16)14(21-15(17)19-9-20-21)18-8-12-6-4-11(3)5-7-12/h4-7,9,18H,1,8H2,2-3H3,(H2,17,19,20)/b14-13+. The summed E-state index contributed by atoms with van der Waals surface area (Å²) in [6, 6.07) is 8.23. The number of aromatic nitrogens is 3. The Morgan fingerprint density at radius 3 is 2.57 bits per heavy atom. The van der Waals surface area contributed by atoms with Crippen molar-refractivity contribution in [3.8, 4) is 0 Å². The molecule has 1 aromatic heterocycles. The summed E-state index contributed by atoms with van der Waals surface area (Å²) in [4.78, 5) is 3.91. The zero-order chi connectivity index (χ0) is 15.4. The number of hydrogen-bond donors (Lipinski definition) is 2. The molecule has 1 aromatic carbocycles. The summed E-state index contributed by atoms with van der Waals surface area (Å²) in [6.45, 7) is 8.32. The number of hydrogen-bond acceptors (Lipinski definition) is 4. The van der Waals surface area contributed by atoms with Crippen LogP contribution in [0.5, 0.6) is 0 Å². The second-order valence-electron chi connectivity index (χ2n) is 4.81. The number of halogens is 1. The molecule has 0 saturated carbocycles. The minimum Gasteiger partial charge on any atom is -0.368 e. The lowest BCUT2D eigenvalue weighted by Gasteiger charge is -2.14. The van der Waals surface area contributed by atoms with Gasteiger partial charge in [-0.15, -0.1) is 0 Å². The van der Waals surface area contributed by atoms with E-state index < -0.39 is 0 Å². The van der Waals surface area contributed by atoms with Crippen LogP contribution in [0, 0.1) is 6.92 Å². The van der Waals surface area contributed by atoms with Crippen molar-refractivity contribution in [1.29, 1.82) is 0 Å². The lowest BCUT2D eigenvalue weighted by Crippen LogP contribution is -2.20. The summed E-state index contributed by atoms with van der Waals surface area (Å²) in [5.41, 5.74) is 8.86. The summed E-state index contributed by atoms with van der Waals surface area (Å²) in [6.07, 6.45) is 1.38. The molecule has 21 heavy (non-hydrogen) atoms. The molecule has 0 aliphatic carbocycles. The Morgan fingerprint density at radius 2 is 2.05 bits per heavy atom. The van der Waals surface area contributed by atoms with Crippen LogP contribution in [0.3, 0.4) is 0 Å². The normalized spacial score (nSPS) is 12.0. The smallest absolute Gasteiger partial charge is 0.224 e. The van der Waals surface area contributed by atoms with Gasteiger partial charge in [-0.1, -0.05) is 48.0 Å². The fourth-order valence-corrected chi connectivity index (χ4v) is 1.91. The number of nitrogens with one attached hydrogen (secondary N) is 1. The number of rotatable bonds is 5. The molecule has 1 heterocycles. The first-order valence-electron chi connectivity index (χ1n) is 6.50. The van der Waals surface area contributed by atoms with Crippen LogP contribution in [0.2, 0.25) is 0 Å². The zero-order valence-corrected chi connectivity index (χ0v) is 12.9. The molecule has 0 spiro atoms. The van der Waals surface area contributed by atoms with E-state index in [-0.39, 0.29) is 5.95 Å². The number of nitrogens with zero attached hydrogens (tertiary/aromatic N) is 3. The number of aryl methyl sites for hydroxylation is 1. The number of allylic oxidation sites excluding steroid dienone is 2. The van der Waals surface area contributed by atoms with Gasteiger partial charge in [-0.3, -0.25) is 0 Å². The summed E-state index contributed by atoms with van der Waals surface area (Å²) >= 11 is 6.31. The number of nitrogens with two attached hydrogens (primary N) is 1. The summed E-state index contributed by atoms with van der Waals surface area (Å²) in [5.74, 6) is 0.834. The first kappa shape index (κ1) is 15.1. The summed E-state index contributed by atoms with van der Waals surface area (Å²) in [7, 11) is 0. The predicted molar refractivity (Wildman–Crippen MR) is 86.3 cm³/mol. The number of benzene rings is 1. The van der Waals surface area contributed by atoms with Gasteiger partial charge in [-0.25, -0.2) is 0 Å². The fourth-order valence-electron chi connectivity index (χ4n) is 1.76. The molecule has 0 amide bonds. The van der Waals surface area contributed by atoms with Crippen molar-refractivity contribution < 1.29 is 0 Å². The number of nitrogen functional groups attached to an aromatic ring is 1. The van der Waals surface area contributed by atoms with E-state index in [0.717, 1.165) is 11.1 Å². The van der Waals surface area contributed by atoms with Crippen LogP contribution in [0.1, 0.15) is 18.1 Å². The average molecular weight is 304 g/mol. The van der Waals surface area contributed by atoms with Gasteiger partial charge in [0, 0.05) is 6.54 Å². The average Bonchev–Trinajstić information content (AvgIpc) is 2.87. The van der Waals surface area contributed by atoms with Gasteiger partial charge in [0.1, 0.15) is 6.33 Å². The van der Waals surface area contributed by atoms with Gasteiger partial charge in [-0.05, 0) is 25.0 Å². The Hall–Kier alpha value is -2.27. The molecule has 0 atom stereocenters. The van der Waals surface area contributed by atoms with E-state index in [9.17, 15) is 0 Å². The first-order valence-corrected chi connectivity index (χ1v) is 6.87. The molecule has 0 fully saturated rings. The molecule has 3 N–H and O–H groups in total. The molecule has 0 bridgehead atoms. The highest BCUT2D eigenvalue weighted by molar-refractivity contribution is 6.34. The first-order chi connectivity index (χ1) is 9.99. The van der Waals surface area contributed by atoms with E-state index in [0.29, 0.717) is 17.4 Å². The highest BCUT2D eigenvalue weighted by Crippen LogP contribution is 2.20. The van der Waals surface area contributed by atoms with Gasteiger partial charge in [-0.2, -0.15) is 14.8 Å². The van der Waals surface area contributed by atoms with Crippen molar-refractivity contribution >= 4 is 23.4 Å². The van der Waals surface area contributed by atoms with Crippen LogP contribution in [0.25, 0.3) is 5.82 Å². The highest BCUT2D eigenvalue weighted by atomic mass is 35.5. The van der Waals surface area contributed by atoms with E-state index in [2.05, 4.69) is 53.2 Å². The Kier molecular flexibility index (Phi) is 4.65. The van der Waals surface area contributed by atoms with Gasteiger partial charge >= 0.3 is 0 Å². The lowest BCUT2D eigenvalue weighted by molar-refractivity contribution is 0.774. The SMILES string of the molecule is C=C(C)/C(Cl)=C(/NCc1ccc(C)cc1)n1ncnc1N. The van der Waals surface area contributed by atoms with Crippen molar-refractivity contribution in [1.82, 2.24) is 20.1 Å². The van der Waals surface area contributed by atoms with Crippen LogP contribution < -0.4 is 11.1 Å². The van der Waals surface area contributed by atoms with Crippen molar-refractivity contribution in [3.05, 3.63) is 58.9 Å². The van der Waals surface area contributed by atoms with Gasteiger partial charge in [0.15, 0.2) is 5.82 Å². The molecule has 5 nitrogen and oxygen atoms in total. The molecule has 0 saturated heterocycles. The van der Waals surface area contributed by atoms with Crippen LogP contribution >= 0.6 is 11.6 Å². The van der Waals surface area contributed by atoms with Gasteiger partial charge in [0.05, 0.1) is 5.03 Å². The van der Waals surface area contributed by atoms with Crippen LogP contribution in [-0.4, -0.2) is 14.8 Å². The minimum atomic E-state index is 0.265. The molecular formula is C15H18ClN5. The second-order valence-corrected chi connectivity index (χ2v) is 5.19. The molecule has 0 unspecified atom stereocenters. The summed E-state index contributed by atoms with van der Waals surface area (Å²) in [5, 5.41) is 7.80. The molecule has 2 rings (SSSR count). The van der Waals surface area contributed by atoms with E-state index in [1.807, 2.05) is 6.92 Å². The van der Waals surface area contributed by atoms with E-state index in [4.69, 9.17) is 17.3 Å². The Labute approximate surface area is 129 Å². The third-order valence-corrected chi connectivity index (χ3v) is 3.45. The molecule has 0 aliphatic rings.